The molecule has 0 radical (unpaired) electrons. The Labute approximate surface area is 205 Å². The molecule has 0 atom stereocenters. The van der Waals surface area contributed by atoms with Gasteiger partial charge in [-0.15, -0.1) is 0 Å². The van der Waals surface area contributed by atoms with E-state index in [2.05, 4.69) is 10.5 Å². The standard InChI is InChI=1S/C24H19F3N4O4S/c25-24(26,27)19-5-4-6-20(15-19)31(36(33,34)22-7-2-1-3-8-22)17-23(32)30-29-16-18-9-11-21(12-10-18)35-14-13-28/h1-12,15-16H,14,17H2,(H,30,32)/b29-16+. The molecule has 0 unspecified atom stereocenters. The first-order chi connectivity index (χ1) is 17.1. The third kappa shape index (κ3) is 6.83. The van der Waals surface area contributed by atoms with Crippen molar-refractivity contribution in [1.29, 1.82) is 5.26 Å². The Hall–Kier alpha value is -4.37. The summed E-state index contributed by atoms with van der Waals surface area (Å²) in [6.45, 7) is -0.936. The number of nitrogens with zero attached hydrogens (tertiary/aromatic N) is 3. The van der Waals surface area contributed by atoms with E-state index in [9.17, 15) is 26.4 Å². The molecule has 12 heteroatoms. The number of hydrazone groups is 1. The molecule has 0 saturated carbocycles. The van der Waals surface area contributed by atoms with Gasteiger partial charge in [0.25, 0.3) is 15.9 Å². The molecule has 1 N–H and O–H groups in total. The molecule has 186 valence electrons. The minimum absolute atomic E-state index is 0.113. The van der Waals surface area contributed by atoms with Gasteiger partial charge in [0.1, 0.15) is 18.4 Å². The second kappa shape index (κ2) is 11.4. The highest BCUT2D eigenvalue weighted by Crippen LogP contribution is 2.33. The maximum atomic E-state index is 13.2. The third-order valence-electron chi connectivity index (χ3n) is 4.67. The molecule has 0 aliphatic rings. The summed E-state index contributed by atoms with van der Waals surface area (Å²) >= 11 is 0. The first-order valence-corrected chi connectivity index (χ1v) is 11.7. The number of carbonyl (C=O) groups is 1. The van der Waals surface area contributed by atoms with Gasteiger partial charge in [0.2, 0.25) is 0 Å². The van der Waals surface area contributed by atoms with Gasteiger partial charge >= 0.3 is 6.18 Å². The smallest absolute Gasteiger partial charge is 0.416 e. The Balaban J connectivity index is 1.81. The van der Waals surface area contributed by atoms with E-state index in [1.165, 1.54) is 36.5 Å². The van der Waals surface area contributed by atoms with Crippen molar-refractivity contribution in [1.82, 2.24) is 5.43 Å². The van der Waals surface area contributed by atoms with Crippen molar-refractivity contribution in [2.45, 2.75) is 11.1 Å². The molecule has 0 aromatic heterocycles. The van der Waals surface area contributed by atoms with Crippen molar-refractivity contribution in [2.75, 3.05) is 17.5 Å². The fourth-order valence-electron chi connectivity index (χ4n) is 2.98. The number of hydrogen-bond acceptors (Lipinski definition) is 6. The van der Waals surface area contributed by atoms with E-state index >= 15 is 0 Å². The van der Waals surface area contributed by atoms with Gasteiger partial charge in [-0.3, -0.25) is 9.10 Å². The number of carbonyl (C=O) groups excluding carboxylic acids is 1. The lowest BCUT2D eigenvalue weighted by Crippen LogP contribution is -2.39. The summed E-state index contributed by atoms with van der Waals surface area (Å²) in [5, 5.41) is 12.3. The van der Waals surface area contributed by atoms with Crippen molar-refractivity contribution in [2.24, 2.45) is 5.10 Å². The second-order valence-electron chi connectivity index (χ2n) is 7.18. The lowest BCUT2D eigenvalue weighted by molar-refractivity contribution is -0.137. The summed E-state index contributed by atoms with van der Waals surface area (Å²) < 4.78 is 71.9. The molecule has 1 amide bonds. The highest BCUT2D eigenvalue weighted by Gasteiger charge is 2.33. The predicted molar refractivity (Wildman–Crippen MR) is 126 cm³/mol. The number of benzene rings is 3. The number of nitrogens with one attached hydrogen (secondary N) is 1. The van der Waals surface area contributed by atoms with Crippen LogP contribution in [0.4, 0.5) is 18.9 Å². The predicted octanol–water partition coefficient (Wildman–Crippen LogP) is 3.95. The number of halogens is 3. The van der Waals surface area contributed by atoms with Crippen molar-refractivity contribution in [3.05, 3.63) is 90.0 Å². The summed E-state index contributed by atoms with van der Waals surface area (Å²) in [7, 11) is -4.38. The SMILES string of the molecule is N#CCOc1ccc(/C=N/NC(=O)CN(c2cccc(C(F)(F)F)c2)S(=O)(=O)c2ccccc2)cc1. The van der Waals surface area contributed by atoms with Crippen LogP contribution in [0.1, 0.15) is 11.1 Å². The van der Waals surface area contributed by atoms with Gasteiger partial charge < -0.3 is 4.74 Å². The summed E-state index contributed by atoms with van der Waals surface area (Å²) in [5.74, 6) is -0.419. The van der Waals surface area contributed by atoms with Gasteiger partial charge in [-0.25, -0.2) is 13.8 Å². The zero-order valence-electron chi connectivity index (χ0n) is 18.5. The average molecular weight is 517 g/mol. The quantitative estimate of drug-likeness (QED) is 0.342. The van der Waals surface area contributed by atoms with E-state index in [4.69, 9.17) is 10.00 Å². The molecule has 0 saturated heterocycles. The van der Waals surface area contributed by atoms with Crippen molar-refractivity contribution in [3.63, 3.8) is 0 Å². The maximum absolute atomic E-state index is 13.2. The van der Waals surface area contributed by atoms with Crippen LogP contribution in [0.3, 0.4) is 0 Å². The summed E-state index contributed by atoms with van der Waals surface area (Å²) in [5.41, 5.74) is 1.34. The highest BCUT2D eigenvalue weighted by molar-refractivity contribution is 7.92. The van der Waals surface area contributed by atoms with Crippen molar-refractivity contribution >= 4 is 27.8 Å². The Morgan fingerprint density at radius 2 is 1.75 bits per heavy atom. The van der Waals surface area contributed by atoms with Crippen LogP contribution in [0.5, 0.6) is 5.75 Å². The topological polar surface area (TPSA) is 112 Å². The highest BCUT2D eigenvalue weighted by atomic mass is 32.2. The van der Waals surface area contributed by atoms with Crippen LogP contribution in [0, 0.1) is 11.3 Å². The minimum atomic E-state index is -4.71. The molecule has 0 heterocycles. The number of nitriles is 1. The van der Waals surface area contributed by atoms with Gasteiger partial charge in [-0.05, 0) is 60.2 Å². The molecule has 8 nitrogen and oxygen atoms in total. The maximum Gasteiger partial charge on any atom is 0.416 e. The lowest BCUT2D eigenvalue weighted by Gasteiger charge is -2.24. The number of sulfonamides is 1. The number of amides is 1. The first-order valence-electron chi connectivity index (χ1n) is 10.3. The van der Waals surface area contributed by atoms with E-state index < -0.39 is 34.2 Å². The molecule has 0 aliphatic heterocycles. The monoisotopic (exact) mass is 516 g/mol. The zero-order valence-corrected chi connectivity index (χ0v) is 19.3. The summed E-state index contributed by atoms with van der Waals surface area (Å²) in [6, 6.07) is 19.0. The molecule has 0 bridgehead atoms. The van der Waals surface area contributed by atoms with Crippen LogP contribution < -0.4 is 14.5 Å². The van der Waals surface area contributed by atoms with Gasteiger partial charge in [-0.1, -0.05) is 24.3 Å². The molecule has 0 spiro atoms. The van der Waals surface area contributed by atoms with Crippen LogP contribution in [-0.4, -0.2) is 33.7 Å². The fourth-order valence-corrected chi connectivity index (χ4v) is 4.42. The van der Waals surface area contributed by atoms with Crippen LogP contribution in [0.25, 0.3) is 0 Å². The molecule has 3 aromatic rings. The van der Waals surface area contributed by atoms with E-state index in [1.807, 2.05) is 6.07 Å². The molecule has 0 aliphatic carbocycles. The fraction of sp³-hybridized carbons (Fsp3) is 0.125. The Bertz CT molecular complexity index is 1370. The van der Waals surface area contributed by atoms with Crippen molar-refractivity contribution < 1.29 is 31.1 Å². The number of ether oxygens (including phenoxy) is 1. The zero-order chi connectivity index (χ0) is 26.2. The van der Waals surface area contributed by atoms with E-state index in [-0.39, 0.29) is 17.2 Å². The Morgan fingerprint density at radius 3 is 2.39 bits per heavy atom. The molecule has 0 fully saturated rings. The number of anilines is 1. The first kappa shape index (κ1) is 26.2. The summed E-state index contributed by atoms with van der Waals surface area (Å²) in [4.78, 5) is 12.3. The van der Waals surface area contributed by atoms with Gasteiger partial charge in [0.15, 0.2) is 6.61 Å². The number of alkyl halides is 3. The molecule has 3 aromatic carbocycles. The van der Waals surface area contributed by atoms with Gasteiger partial charge in [0, 0.05) is 0 Å². The van der Waals surface area contributed by atoms with E-state index in [0.717, 1.165) is 12.1 Å². The third-order valence-corrected chi connectivity index (χ3v) is 6.45. The van der Waals surface area contributed by atoms with Crippen LogP contribution in [-0.2, 0) is 21.0 Å². The van der Waals surface area contributed by atoms with E-state index in [1.54, 1.807) is 30.3 Å². The normalized spacial score (nSPS) is 11.6. The second-order valence-corrected chi connectivity index (χ2v) is 9.04. The number of rotatable bonds is 9. The molecule has 3 rings (SSSR count). The Kier molecular flexibility index (Phi) is 8.29. The molecular formula is C24H19F3N4O4S. The van der Waals surface area contributed by atoms with Crippen LogP contribution in [0.15, 0.2) is 88.9 Å². The van der Waals surface area contributed by atoms with Gasteiger partial charge in [0.05, 0.1) is 22.4 Å². The molecule has 36 heavy (non-hydrogen) atoms. The number of hydrogen-bond donors (Lipinski definition) is 1. The van der Waals surface area contributed by atoms with Crippen molar-refractivity contribution in [3.8, 4) is 11.8 Å². The van der Waals surface area contributed by atoms with E-state index in [0.29, 0.717) is 21.7 Å². The van der Waals surface area contributed by atoms with Gasteiger partial charge in [-0.2, -0.15) is 23.5 Å². The minimum Gasteiger partial charge on any atom is -0.479 e. The largest absolute Gasteiger partial charge is 0.479 e. The average Bonchev–Trinajstić information content (AvgIpc) is 2.87. The molecular weight excluding hydrogens is 497 g/mol. The lowest BCUT2D eigenvalue weighted by atomic mass is 10.2. The van der Waals surface area contributed by atoms with Crippen LogP contribution in [0.2, 0.25) is 0 Å². The van der Waals surface area contributed by atoms with Crippen LogP contribution >= 0.6 is 0 Å². The Morgan fingerprint density at radius 1 is 1.06 bits per heavy atom. The summed E-state index contributed by atoms with van der Waals surface area (Å²) in [6.07, 6.45) is -3.42.